The maximum Gasteiger partial charge on any atom is 0.322 e. The van der Waals surface area contributed by atoms with E-state index in [0.717, 1.165) is 0 Å². The van der Waals surface area contributed by atoms with Gasteiger partial charge in [0.1, 0.15) is 12.2 Å². The SMILES string of the molecule is COC(=O)[C@@H]1C[C@@H](F)CCN1. The van der Waals surface area contributed by atoms with Gasteiger partial charge in [-0.2, -0.15) is 0 Å². The highest BCUT2D eigenvalue weighted by Gasteiger charge is 2.26. The minimum atomic E-state index is -0.861. The molecular formula is C7H12FNO2. The molecule has 0 unspecified atom stereocenters. The predicted molar refractivity (Wildman–Crippen MR) is 37.9 cm³/mol. The fourth-order valence-electron chi connectivity index (χ4n) is 1.19. The molecular weight excluding hydrogens is 149 g/mol. The van der Waals surface area contributed by atoms with Crippen molar-refractivity contribution in [3.8, 4) is 0 Å². The van der Waals surface area contributed by atoms with Gasteiger partial charge in [-0.3, -0.25) is 4.79 Å². The number of esters is 1. The average molecular weight is 161 g/mol. The van der Waals surface area contributed by atoms with Crippen LogP contribution in [0.15, 0.2) is 0 Å². The molecule has 1 fully saturated rings. The highest BCUT2D eigenvalue weighted by atomic mass is 19.1. The van der Waals surface area contributed by atoms with Gasteiger partial charge in [-0.1, -0.05) is 0 Å². The number of alkyl halides is 1. The van der Waals surface area contributed by atoms with E-state index in [0.29, 0.717) is 13.0 Å². The molecule has 0 spiro atoms. The molecule has 0 aromatic heterocycles. The van der Waals surface area contributed by atoms with E-state index in [9.17, 15) is 9.18 Å². The minimum Gasteiger partial charge on any atom is -0.468 e. The molecule has 0 amide bonds. The lowest BCUT2D eigenvalue weighted by Crippen LogP contribution is -2.44. The first kappa shape index (κ1) is 8.46. The first-order valence-electron chi connectivity index (χ1n) is 3.69. The fraction of sp³-hybridized carbons (Fsp3) is 0.857. The molecule has 0 aromatic rings. The Hall–Kier alpha value is -0.640. The van der Waals surface area contributed by atoms with Crippen LogP contribution in [0.3, 0.4) is 0 Å². The van der Waals surface area contributed by atoms with Crippen molar-refractivity contribution in [3.05, 3.63) is 0 Å². The van der Waals surface area contributed by atoms with Gasteiger partial charge in [0.2, 0.25) is 0 Å². The van der Waals surface area contributed by atoms with Crippen molar-refractivity contribution in [2.45, 2.75) is 25.1 Å². The van der Waals surface area contributed by atoms with E-state index in [1.807, 2.05) is 0 Å². The summed E-state index contributed by atoms with van der Waals surface area (Å²) >= 11 is 0. The second-order valence-electron chi connectivity index (χ2n) is 2.65. The molecule has 3 nitrogen and oxygen atoms in total. The van der Waals surface area contributed by atoms with Crippen LogP contribution < -0.4 is 5.32 Å². The molecule has 1 saturated heterocycles. The number of ether oxygens (including phenoxy) is 1. The Morgan fingerprint density at radius 1 is 1.73 bits per heavy atom. The van der Waals surface area contributed by atoms with Crippen LogP contribution in [-0.4, -0.2) is 31.8 Å². The molecule has 0 saturated carbocycles. The van der Waals surface area contributed by atoms with Gasteiger partial charge in [0.15, 0.2) is 0 Å². The Morgan fingerprint density at radius 3 is 3.00 bits per heavy atom. The van der Waals surface area contributed by atoms with Crippen LogP contribution in [-0.2, 0) is 9.53 Å². The van der Waals surface area contributed by atoms with Crippen LogP contribution in [0.2, 0.25) is 0 Å². The Balaban J connectivity index is 2.39. The van der Waals surface area contributed by atoms with Gasteiger partial charge >= 0.3 is 5.97 Å². The third-order valence-electron chi connectivity index (χ3n) is 1.83. The van der Waals surface area contributed by atoms with Crippen molar-refractivity contribution in [1.82, 2.24) is 5.32 Å². The molecule has 1 aliphatic rings. The molecule has 0 radical (unpaired) electrons. The van der Waals surface area contributed by atoms with Crippen LogP contribution in [0.1, 0.15) is 12.8 Å². The van der Waals surface area contributed by atoms with Crippen LogP contribution in [0, 0.1) is 0 Å². The number of halogens is 1. The van der Waals surface area contributed by atoms with Crippen molar-refractivity contribution in [2.24, 2.45) is 0 Å². The van der Waals surface area contributed by atoms with Crippen molar-refractivity contribution in [3.63, 3.8) is 0 Å². The van der Waals surface area contributed by atoms with Gasteiger partial charge in [-0.05, 0) is 13.0 Å². The summed E-state index contributed by atoms with van der Waals surface area (Å²) in [6.45, 7) is 0.556. The second kappa shape index (κ2) is 3.67. The lowest BCUT2D eigenvalue weighted by Gasteiger charge is -2.23. The van der Waals surface area contributed by atoms with Gasteiger partial charge in [-0.15, -0.1) is 0 Å². The number of piperidine rings is 1. The predicted octanol–water partition coefficient (Wildman–Crippen LogP) is 0.249. The van der Waals surface area contributed by atoms with E-state index >= 15 is 0 Å². The average Bonchev–Trinajstić information content (AvgIpc) is 2.03. The zero-order chi connectivity index (χ0) is 8.27. The lowest BCUT2D eigenvalue weighted by molar-refractivity contribution is -0.144. The third-order valence-corrected chi connectivity index (χ3v) is 1.83. The monoisotopic (exact) mass is 161 g/mol. The maximum absolute atomic E-state index is 12.7. The molecule has 64 valence electrons. The molecule has 1 heterocycles. The Labute approximate surface area is 64.9 Å². The number of hydrogen-bond donors (Lipinski definition) is 1. The molecule has 11 heavy (non-hydrogen) atoms. The van der Waals surface area contributed by atoms with E-state index < -0.39 is 12.2 Å². The van der Waals surface area contributed by atoms with Crippen molar-refractivity contribution < 1.29 is 13.9 Å². The molecule has 4 heteroatoms. The quantitative estimate of drug-likeness (QED) is 0.560. The Bertz CT molecular complexity index is 151. The standard InChI is InChI=1S/C7H12FNO2/c1-11-7(10)6-4-5(8)2-3-9-6/h5-6,9H,2-4H2,1H3/t5-,6-/m0/s1. The van der Waals surface area contributed by atoms with Gasteiger partial charge in [0, 0.05) is 6.42 Å². The first-order valence-corrected chi connectivity index (χ1v) is 3.69. The second-order valence-corrected chi connectivity index (χ2v) is 2.65. The Morgan fingerprint density at radius 2 is 2.45 bits per heavy atom. The molecule has 1 rings (SSSR count). The summed E-state index contributed by atoms with van der Waals surface area (Å²) < 4.78 is 17.2. The summed E-state index contributed by atoms with van der Waals surface area (Å²) in [7, 11) is 1.31. The van der Waals surface area contributed by atoms with Gasteiger partial charge in [-0.25, -0.2) is 4.39 Å². The molecule has 0 aliphatic carbocycles. The number of carbonyl (C=O) groups is 1. The summed E-state index contributed by atoms with van der Waals surface area (Å²) in [5, 5.41) is 2.89. The van der Waals surface area contributed by atoms with Gasteiger partial charge in [0.05, 0.1) is 7.11 Å². The van der Waals surface area contributed by atoms with Crippen molar-refractivity contribution >= 4 is 5.97 Å². The first-order chi connectivity index (χ1) is 5.24. The van der Waals surface area contributed by atoms with Gasteiger partial charge in [0.25, 0.3) is 0 Å². The molecule has 1 N–H and O–H groups in total. The van der Waals surface area contributed by atoms with Gasteiger partial charge < -0.3 is 10.1 Å². The highest BCUT2D eigenvalue weighted by molar-refractivity contribution is 5.75. The minimum absolute atomic E-state index is 0.243. The summed E-state index contributed by atoms with van der Waals surface area (Å²) in [5.41, 5.74) is 0. The molecule has 1 aliphatic heterocycles. The van der Waals surface area contributed by atoms with Crippen LogP contribution in [0.25, 0.3) is 0 Å². The topological polar surface area (TPSA) is 38.3 Å². The summed E-state index contributed by atoms with van der Waals surface area (Å²) in [5.74, 6) is -0.368. The number of rotatable bonds is 1. The van der Waals surface area contributed by atoms with Crippen LogP contribution in [0.5, 0.6) is 0 Å². The molecule has 0 bridgehead atoms. The summed E-state index contributed by atoms with van der Waals surface area (Å²) in [6.07, 6.45) is -0.125. The largest absolute Gasteiger partial charge is 0.468 e. The lowest BCUT2D eigenvalue weighted by atomic mass is 10.0. The van der Waals surface area contributed by atoms with E-state index in [1.165, 1.54) is 7.11 Å². The number of methoxy groups -OCH3 is 1. The summed E-state index contributed by atoms with van der Waals surface area (Å²) in [6, 6.07) is -0.441. The molecule has 0 aromatic carbocycles. The number of hydrogen-bond acceptors (Lipinski definition) is 3. The fourth-order valence-corrected chi connectivity index (χ4v) is 1.19. The highest BCUT2D eigenvalue weighted by Crippen LogP contribution is 2.12. The van der Waals surface area contributed by atoms with Crippen LogP contribution in [0.4, 0.5) is 4.39 Å². The zero-order valence-electron chi connectivity index (χ0n) is 6.47. The van der Waals surface area contributed by atoms with Crippen LogP contribution >= 0.6 is 0 Å². The molecule has 2 atom stereocenters. The summed E-state index contributed by atoms with van der Waals surface area (Å²) in [4.78, 5) is 10.9. The van der Waals surface area contributed by atoms with E-state index in [2.05, 4.69) is 10.1 Å². The zero-order valence-corrected chi connectivity index (χ0v) is 6.47. The van der Waals surface area contributed by atoms with E-state index in [1.54, 1.807) is 0 Å². The normalized spacial score (nSPS) is 31.5. The number of nitrogens with one attached hydrogen (secondary N) is 1. The maximum atomic E-state index is 12.7. The van der Waals surface area contributed by atoms with E-state index in [4.69, 9.17) is 0 Å². The van der Waals surface area contributed by atoms with E-state index in [-0.39, 0.29) is 12.4 Å². The smallest absolute Gasteiger partial charge is 0.322 e. The Kier molecular flexibility index (Phi) is 2.82. The third kappa shape index (κ3) is 2.15. The number of carbonyl (C=O) groups excluding carboxylic acids is 1. The van der Waals surface area contributed by atoms with Crippen molar-refractivity contribution in [2.75, 3.05) is 13.7 Å². The van der Waals surface area contributed by atoms with Crippen molar-refractivity contribution in [1.29, 1.82) is 0 Å².